The Morgan fingerprint density at radius 2 is 1.92 bits per heavy atom. The van der Waals surface area contributed by atoms with Crippen molar-refractivity contribution in [3.63, 3.8) is 0 Å². The molecular weight excluding hydrogens is 314 g/mol. The fourth-order valence-electron chi connectivity index (χ4n) is 4.21. The zero-order valence-electron chi connectivity index (χ0n) is 15.3. The first-order chi connectivity index (χ1) is 11.9. The number of nitrogens with two attached hydrogens (primary N) is 1. The Kier molecular flexibility index (Phi) is 5.13. The van der Waals surface area contributed by atoms with Gasteiger partial charge in [0.1, 0.15) is 5.54 Å². The van der Waals surface area contributed by atoms with Crippen molar-refractivity contribution in [3.05, 3.63) is 35.9 Å². The van der Waals surface area contributed by atoms with Crippen LogP contribution in [0.1, 0.15) is 49.9 Å². The topological polar surface area (TPSA) is 66.6 Å². The molecule has 1 aromatic rings. The quantitative estimate of drug-likeness (QED) is 0.915. The van der Waals surface area contributed by atoms with Crippen molar-refractivity contribution in [3.8, 4) is 0 Å². The molecule has 5 nitrogen and oxygen atoms in total. The molecule has 2 aliphatic rings. The van der Waals surface area contributed by atoms with Crippen LogP contribution in [0.2, 0.25) is 0 Å². The van der Waals surface area contributed by atoms with Gasteiger partial charge in [0, 0.05) is 31.2 Å². The lowest BCUT2D eigenvalue weighted by Gasteiger charge is -2.42. The third kappa shape index (κ3) is 3.43. The fourth-order valence-corrected chi connectivity index (χ4v) is 4.21. The number of hydrogen-bond acceptors (Lipinski definition) is 3. The first-order valence-electron chi connectivity index (χ1n) is 9.35. The molecule has 25 heavy (non-hydrogen) atoms. The van der Waals surface area contributed by atoms with E-state index in [9.17, 15) is 9.59 Å². The lowest BCUT2D eigenvalue weighted by atomic mass is 9.89. The number of amides is 2. The third-order valence-electron chi connectivity index (χ3n) is 5.86. The van der Waals surface area contributed by atoms with Crippen molar-refractivity contribution in [2.45, 2.75) is 51.1 Å². The molecule has 2 saturated heterocycles. The molecule has 0 radical (unpaired) electrons. The maximum Gasteiger partial charge on any atom is 0.254 e. The number of rotatable bonds is 3. The lowest BCUT2D eigenvalue weighted by Crippen LogP contribution is -2.58. The molecule has 3 atom stereocenters. The van der Waals surface area contributed by atoms with Crippen LogP contribution in [0.5, 0.6) is 0 Å². The Morgan fingerprint density at radius 1 is 1.20 bits per heavy atom. The van der Waals surface area contributed by atoms with Crippen molar-refractivity contribution in [2.24, 2.45) is 11.7 Å². The number of piperidine rings is 1. The fraction of sp³-hybridized carbons (Fsp3) is 0.600. The summed E-state index contributed by atoms with van der Waals surface area (Å²) >= 11 is 0. The highest BCUT2D eigenvalue weighted by molar-refractivity contribution is 5.99. The number of benzene rings is 1. The van der Waals surface area contributed by atoms with Crippen LogP contribution in [0, 0.1) is 5.92 Å². The average molecular weight is 343 g/mol. The molecule has 0 bridgehead atoms. The summed E-state index contributed by atoms with van der Waals surface area (Å²) in [6.07, 6.45) is 3.65. The number of carbonyl (C=O) groups is 2. The monoisotopic (exact) mass is 343 g/mol. The molecular formula is C20H29N3O2. The van der Waals surface area contributed by atoms with Gasteiger partial charge < -0.3 is 15.5 Å². The second-order valence-corrected chi connectivity index (χ2v) is 7.71. The standard InChI is InChI=1S/C20H29N3O2/c1-15(21)17-10-6-12-22(14-17)19(25)20(2)11-7-13-23(20)18(24)16-8-4-3-5-9-16/h3-5,8-9,15,17H,6-7,10-14,21H2,1-2H3. The van der Waals surface area contributed by atoms with Gasteiger partial charge in [-0.15, -0.1) is 0 Å². The molecule has 3 unspecified atom stereocenters. The van der Waals surface area contributed by atoms with E-state index in [1.54, 1.807) is 4.90 Å². The van der Waals surface area contributed by atoms with E-state index in [-0.39, 0.29) is 17.9 Å². The Bertz CT molecular complexity index is 631. The second kappa shape index (κ2) is 7.16. The normalized spacial score (nSPS) is 28.0. The lowest BCUT2D eigenvalue weighted by molar-refractivity contribution is -0.142. The molecule has 1 aromatic carbocycles. The van der Waals surface area contributed by atoms with Gasteiger partial charge in [-0.2, -0.15) is 0 Å². The Balaban J connectivity index is 1.79. The summed E-state index contributed by atoms with van der Waals surface area (Å²) in [6.45, 7) is 6.06. The SMILES string of the molecule is CC(N)C1CCCN(C(=O)C2(C)CCCN2C(=O)c2ccccc2)C1. The van der Waals surface area contributed by atoms with Crippen LogP contribution >= 0.6 is 0 Å². The molecule has 2 aliphatic heterocycles. The highest BCUT2D eigenvalue weighted by Gasteiger charge is 2.48. The van der Waals surface area contributed by atoms with Crippen LogP contribution in [-0.4, -0.2) is 52.8 Å². The first-order valence-corrected chi connectivity index (χ1v) is 9.35. The summed E-state index contributed by atoms with van der Waals surface area (Å²) in [5.41, 5.74) is 5.97. The predicted octanol–water partition coefficient (Wildman–Crippen LogP) is 2.27. The van der Waals surface area contributed by atoms with Gasteiger partial charge in [0.25, 0.3) is 5.91 Å². The Morgan fingerprint density at radius 3 is 2.60 bits per heavy atom. The minimum atomic E-state index is -0.743. The molecule has 2 heterocycles. The van der Waals surface area contributed by atoms with Crippen molar-refractivity contribution >= 4 is 11.8 Å². The molecule has 136 valence electrons. The molecule has 0 aliphatic carbocycles. The minimum Gasteiger partial charge on any atom is -0.340 e. The van der Waals surface area contributed by atoms with Crippen molar-refractivity contribution < 1.29 is 9.59 Å². The summed E-state index contributed by atoms with van der Waals surface area (Å²) in [4.78, 5) is 30.0. The van der Waals surface area contributed by atoms with Gasteiger partial charge in [-0.3, -0.25) is 9.59 Å². The van der Waals surface area contributed by atoms with E-state index in [2.05, 4.69) is 0 Å². The molecule has 0 spiro atoms. The predicted molar refractivity (Wildman–Crippen MR) is 98.1 cm³/mol. The van der Waals surface area contributed by atoms with Gasteiger partial charge in [-0.25, -0.2) is 0 Å². The Labute approximate surface area is 150 Å². The first kappa shape index (κ1) is 17.9. The smallest absolute Gasteiger partial charge is 0.254 e. The van der Waals surface area contributed by atoms with E-state index in [1.807, 2.05) is 49.1 Å². The average Bonchev–Trinajstić information content (AvgIpc) is 3.04. The van der Waals surface area contributed by atoms with Crippen LogP contribution in [0.25, 0.3) is 0 Å². The van der Waals surface area contributed by atoms with Gasteiger partial charge in [-0.1, -0.05) is 18.2 Å². The van der Waals surface area contributed by atoms with Gasteiger partial charge >= 0.3 is 0 Å². The van der Waals surface area contributed by atoms with Crippen molar-refractivity contribution in [1.82, 2.24) is 9.80 Å². The van der Waals surface area contributed by atoms with E-state index in [1.165, 1.54) is 0 Å². The number of likely N-dealkylation sites (tertiary alicyclic amines) is 2. The van der Waals surface area contributed by atoms with Crippen LogP contribution in [0.4, 0.5) is 0 Å². The van der Waals surface area contributed by atoms with Crippen LogP contribution < -0.4 is 5.73 Å². The van der Waals surface area contributed by atoms with E-state index in [4.69, 9.17) is 5.73 Å². The molecule has 0 saturated carbocycles. The summed E-state index contributed by atoms with van der Waals surface area (Å²) in [7, 11) is 0. The van der Waals surface area contributed by atoms with Crippen LogP contribution in [-0.2, 0) is 4.79 Å². The maximum absolute atomic E-state index is 13.3. The van der Waals surface area contributed by atoms with E-state index in [0.29, 0.717) is 24.6 Å². The minimum absolute atomic E-state index is 0.0466. The van der Waals surface area contributed by atoms with Gasteiger partial charge in [0.2, 0.25) is 5.91 Å². The Hall–Kier alpha value is -1.88. The summed E-state index contributed by atoms with van der Waals surface area (Å²) in [5, 5.41) is 0. The number of hydrogen-bond donors (Lipinski definition) is 1. The molecule has 2 fully saturated rings. The highest BCUT2D eigenvalue weighted by Crippen LogP contribution is 2.34. The largest absolute Gasteiger partial charge is 0.340 e. The summed E-state index contributed by atoms with van der Waals surface area (Å²) in [5.74, 6) is 0.385. The van der Waals surface area contributed by atoms with Crippen molar-refractivity contribution in [2.75, 3.05) is 19.6 Å². The molecule has 5 heteroatoms. The zero-order valence-corrected chi connectivity index (χ0v) is 15.3. The third-order valence-corrected chi connectivity index (χ3v) is 5.86. The highest BCUT2D eigenvalue weighted by atomic mass is 16.2. The molecule has 0 aromatic heterocycles. The maximum atomic E-state index is 13.3. The number of nitrogens with zero attached hydrogens (tertiary/aromatic N) is 2. The van der Waals surface area contributed by atoms with Gasteiger partial charge in [-0.05, 0) is 57.6 Å². The molecule has 2 N–H and O–H groups in total. The van der Waals surface area contributed by atoms with E-state index in [0.717, 1.165) is 32.2 Å². The van der Waals surface area contributed by atoms with E-state index >= 15 is 0 Å². The van der Waals surface area contributed by atoms with Crippen LogP contribution in [0.15, 0.2) is 30.3 Å². The van der Waals surface area contributed by atoms with Gasteiger partial charge in [0.05, 0.1) is 0 Å². The summed E-state index contributed by atoms with van der Waals surface area (Å²) < 4.78 is 0. The van der Waals surface area contributed by atoms with E-state index < -0.39 is 5.54 Å². The number of carbonyl (C=O) groups excluding carboxylic acids is 2. The zero-order chi connectivity index (χ0) is 18.0. The molecule has 2 amide bonds. The second-order valence-electron chi connectivity index (χ2n) is 7.71. The van der Waals surface area contributed by atoms with Crippen LogP contribution in [0.3, 0.4) is 0 Å². The van der Waals surface area contributed by atoms with Crippen molar-refractivity contribution in [1.29, 1.82) is 0 Å². The molecule has 3 rings (SSSR count). The summed E-state index contributed by atoms with van der Waals surface area (Å²) in [6, 6.07) is 9.35. The van der Waals surface area contributed by atoms with Gasteiger partial charge in [0.15, 0.2) is 0 Å².